The van der Waals surface area contributed by atoms with Gasteiger partial charge < -0.3 is 19.7 Å². The van der Waals surface area contributed by atoms with E-state index < -0.39 is 5.60 Å². The Bertz CT molecular complexity index is 1230. The minimum absolute atomic E-state index is 0.00898. The molecular weight excluding hydrogens is 485 g/mol. The van der Waals surface area contributed by atoms with Crippen LogP contribution in [-0.2, 0) is 22.6 Å². The van der Waals surface area contributed by atoms with Crippen LogP contribution in [0.2, 0.25) is 0 Å². The van der Waals surface area contributed by atoms with Crippen LogP contribution in [0, 0.1) is 5.82 Å². The Morgan fingerprint density at radius 1 is 1.03 bits per heavy atom. The summed E-state index contributed by atoms with van der Waals surface area (Å²) in [5, 5.41) is 2.92. The van der Waals surface area contributed by atoms with Gasteiger partial charge in [-0.05, 0) is 68.1 Å². The van der Waals surface area contributed by atoms with Gasteiger partial charge in [-0.25, -0.2) is 9.18 Å². The maximum Gasteiger partial charge on any atom is 0.410 e. The van der Waals surface area contributed by atoms with Crippen LogP contribution in [0.3, 0.4) is 0 Å². The van der Waals surface area contributed by atoms with Gasteiger partial charge in [0, 0.05) is 25.2 Å². The van der Waals surface area contributed by atoms with Crippen LogP contribution in [-0.4, -0.2) is 46.7 Å². The van der Waals surface area contributed by atoms with E-state index in [1.165, 1.54) is 12.1 Å². The molecule has 4 rings (SSSR count). The van der Waals surface area contributed by atoms with Gasteiger partial charge in [-0.1, -0.05) is 42.5 Å². The number of nitrogens with zero attached hydrogens (tertiary/aromatic N) is 2. The number of likely N-dealkylation sites (tertiary alicyclic amines) is 1. The zero-order valence-electron chi connectivity index (χ0n) is 22.0. The van der Waals surface area contributed by atoms with Crippen molar-refractivity contribution in [2.45, 2.75) is 58.0 Å². The Kier molecular flexibility index (Phi) is 8.73. The number of hydrogen-bond donors (Lipinski definition) is 1. The average molecular weight is 520 g/mol. The van der Waals surface area contributed by atoms with Crippen molar-refractivity contribution in [1.29, 1.82) is 0 Å². The smallest absolute Gasteiger partial charge is 0.410 e. The summed E-state index contributed by atoms with van der Waals surface area (Å²) in [6, 6.07) is 19.4. The maximum atomic E-state index is 13.6. The number of carbonyl (C=O) groups is 2. The van der Waals surface area contributed by atoms with E-state index in [4.69, 9.17) is 9.47 Å². The first-order chi connectivity index (χ1) is 18.2. The first-order valence-corrected chi connectivity index (χ1v) is 12.8. The van der Waals surface area contributed by atoms with Crippen molar-refractivity contribution in [2.75, 3.05) is 13.1 Å². The maximum absolute atomic E-state index is 13.6. The Hall–Kier alpha value is -3.78. The van der Waals surface area contributed by atoms with Crippen molar-refractivity contribution in [1.82, 2.24) is 15.2 Å². The molecule has 1 fully saturated rings. The number of amides is 2. The third kappa shape index (κ3) is 7.38. The summed E-state index contributed by atoms with van der Waals surface area (Å²) >= 11 is 0. The van der Waals surface area contributed by atoms with Crippen molar-refractivity contribution in [3.05, 3.63) is 101 Å². The van der Waals surface area contributed by atoms with Gasteiger partial charge in [-0.15, -0.1) is 0 Å². The second kappa shape index (κ2) is 12.2. The number of benzene rings is 2. The normalized spacial score (nSPS) is 17.6. The topological polar surface area (TPSA) is 80.8 Å². The van der Waals surface area contributed by atoms with E-state index in [1.807, 2.05) is 45.0 Å². The van der Waals surface area contributed by atoms with Crippen molar-refractivity contribution in [3.63, 3.8) is 0 Å². The molecule has 2 aromatic carbocycles. The molecule has 8 heteroatoms. The number of nitrogens with one attached hydrogen (secondary N) is 1. The number of carbonyl (C=O) groups excluding carboxylic acids is 2. The van der Waals surface area contributed by atoms with Crippen LogP contribution in [0.1, 0.15) is 60.3 Å². The molecule has 2 atom stereocenters. The SMILES string of the molecule is CC(C)(C)OC(=O)N1CCC(c2ccc(F)cc2)C(OCc2ccccc2CNC(=O)c2ccccn2)C1. The molecule has 38 heavy (non-hydrogen) atoms. The average Bonchev–Trinajstić information content (AvgIpc) is 2.91. The molecular formula is C30H34FN3O4. The Morgan fingerprint density at radius 2 is 1.74 bits per heavy atom. The van der Waals surface area contributed by atoms with E-state index in [-0.39, 0.29) is 29.8 Å². The van der Waals surface area contributed by atoms with E-state index >= 15 is 0 Å². The molecule has 2 amide bonds. The lowest BCUT2D eigenvalue weighted by atomic mass is 9.87. The molecule has 2 heterocycles. The van der Waals surface area contributed by atoms with Crippen LogP contribution < -0.4 is 5.32 Å². The number of hydrogen-bond acceptors (Lipinski definition) is 5. The largest absolute Gasteiger partial charge is 0.444 e. The lowest BCUT2D eigenvalue weighted by Gasteiger charge is -2.39. The van der Waals surface area contributed by atoms with E-state index in [0.29, 0.717) is 38.4 Å². The van der Waals surface area contributed by atoms with E-state index in [2.05, 4.69) is 10.3 Å². The summed E-state index contributed by atoms with van der Waals surface area (Å²) in [4.78, 5) is 31.0. The summed E-state index contributed by atoms with van der Waals surface area (Å²) in [6.07, 6.45) is 1.55. The number of ether oxygens (including phenoxy) is 2. The van der Waals surface area contributed by atoms with Crippen LogP contribution in [0.15, 0.2) is 72.9 Å². The van der Waals surface area contributed by atoms with Gasteiger partial charge in [0.1, 0.15) is 17.1 Å². The number of pyridine rings is 1. The Balaban J connectivity index is 1.47. The molecule has 200 valence electrons. The second-order valence-corrected chi connectivity index (χ2v) is 10.4. The number of halogens is 1. The molecule has 1 saturated heterocycles. The minimum atomic E-state index is -0.597. The van der Waals surface area contributed by atoms with E-state index in [1.54, 1.807) is 41.4 Å². The number of piperidine rings is 1. The lowest BCUT2D eigenvalue weighted by molar-refractivity contribution is -0.0361. The highest BCUT2D eigenvalue weighted by Crippen LogP contribution is 2.32. The third-order valence-electron chi connectivity index (χ3n) is 6.42. The molecule has 1 N–H and O–H groups in total. The molecule has 0 spiro atoms. The van der Waals surface area contributed by atoms with Gasteiger partial charge >= 0.3 is 6.09 Å². The van der Waals surface area contributed by atoms with E-state index in [0.717, 1.165) is 16.7 Å². The fraction of sp³-hybridized carbons (Fsp3) is 0.367. The van der Waals surface area contributed by atoms with Gasteiger partial charge in [0.05, 0.1) is 19.3 Å². The van der Waals surface area contributed by atoms with Crippen LogP contribution in [0.25, 0.3) is 0 Å². The monoisotopic (exact) mass is 519 g/mol. The Morgan fingerprint density at radius 3 is 2.42 bits per heavy atom. The quantitative estimate of drug-likeness (QED) is 0.448. The minimum Gasteiger partial charge on any atom is -0.444 e. The summed E-state index contributed by atoms with van der Waals surface area (Å²) in [5.41, 5.74) is 2.58. The summed E-state index contributed by atoms with van der Waals surface area (Å²) in [6.45, 7) is 7.02. The zero-order chi connectivity index (χ0) is 27.1. The van der Waals surface area contributed by atoms with Crippen molar-refractivity contribution in [2.24, 2.45) is 0 Å². The van der Waals surface area contributed by atoms with Crippen molar-refractivity contribution < 1.29 is 23.5 Å². The van der Waals surface area contributed by atoms with Crippen molar-refractivity contribution >= 4 is 12.0 Å². The first kappa shape index (κ1) is 27.3. The first-order valence-electron chi connectivity index (χ1n) is 12.8. The van der Waals surface area contributed by atoms with Gasteiger partial charge in [0.25, 0.3) is 5.91 Å². The molecule has 3 aromatic rings. The summed E-state index contributed by atoms with van der Waals surface area (Å²) in [7, 11) is 0. The fourth-order valence-electron chi connectivity index (χ4n) is 4.50. The highest BCUT2D eigenvalue weighted by Gasteiger charge is 2.35. The van der Waals surface area contributed by atoms with Crippen LogP contribution in [0.4, 0.5) is 9.18 Å². The molecule has 0 saturated carbocycles. The lowest BCUT2D eigenvalue weighted by Crippen LogP contribution is -2.48. The van der Waals surface area contributed by atoms with Gasteiger partial charge in [0.2, 0.25) is 0 Å². The predicted molar refractivity (Wildman–Crippen MR) is 142 cm³/mol. The predicted octanol–water partition coefficient (Wildman–Crippen LogP) is 5.46. The number of rotatable bonds is 7. The standard InChI is InChI=1S/C30H34FN3O4/c1-30(2,3)38-29(36)34-17-15-25(21-11-13-24(31)14-12-21)27(19-34)37-20-23-9-5-4-8-22(23)18-33-28(35)26-10-6-7-16-32-26/h4-14,16,25,27H,15,17-20H2,1-3H3,(H,33,35). The molecule has 1 aliphatic heterocycles. The zero-order valence-corrected chi connectivity index (χ0v) is 22.0. The molecule has 1 aromatic heterocycles. The molecule has 1 aliphatic rings. The highest BCUT2D eigenvalue weighted by molar-refractivity contribution is 5.92. The second-order valence-electron chi connectivity index (χ2n) is 10.4. The molecule has 0 aliphatic carbocycles. The third-order valence-corrected chi connectivity index (χ3v) is 6.42. The van der Waals surface area contributed by atoms with Crippen LogP contribution in [0.5, 0.6) is 0 Å². The van der Waals surface area contributed by atoms with E-state index in [9.17, 15) is 14.0 Å². The van der Waals surface area contributed by atoms with Gasteiger partial charge in [0.15, 0.2) is 0 Å². The van der Waals surface area contributed by atoms with Gasteiger partial charge in [-0.2, -0.15) is 0 Å². The van der Waals surface area contributed by atoms with Crippen molar-refractivity contribution in [3.8, 4) is 0 Å². The Labute approximate surface area is 223 Å². The van der Waals surface area contributed by atoms with Crippen LogP contribution >= 0.6 is 0 Å². The molecule has 0 bridgehead atoms. The summed E-state index contributed by atoms with van der Waals surface area (Å²) < 4.78 is 25.6. The fourth-order valence-corrected chi connectivity index (χ4v) is 4.50. The van der Waals surface area contributed by atoms with Gasteiger partial charge in [-0.3, -0.25) is 9.78 Å². The number of aromatic nitrogens is 1. The highest BCUT2D eigenvalue weighted by atomic mass is 19.1. The summed E-state index contributed by atoms with van der Waals surface area (Å²) in [5.74, 6) is -0.553. The molecule has 2 unspecified atom stereocenters. The molecule has 0 radical (unpaired) electrons. The molecule has 7 nitrogen and oxygen atoms in total.